The average Bonchev–Trinajstić information content (AvgIpc) is 2.28. The number of aromatic hydroxyl groups is 1. The van der Waals surface area contributed by atoms with Crippen molar-refractivity contribution < 1.29 is 19.4 Å². The lowest BCUT2D eigenvalue weighted by Gasteiger charge is -2.10. The van der Waals surface area contributed by atoms with Gasteiger partial charge in [-0.1, -0.05) is 6.07 Å². The van der Waals surface area contributed by atoms with Crippen molar-refractivity contribution in [3.8, 4) is 11.5 Å². The first-order chi connectivity index (χ1) is 7.58. The Morgan fingerprint density at radius 1 is 1.50 bits per heavy atom. The molecule has 0 bridgehead atoms. The molecule has 0 aliphatic carbocycles. The summed E-state index contributed by atoms with van der Waals surface area (Å²) in [6.45, 7) is 0. The summed E-state index contributed by atoms with van der Waals surface area (Å²) in [4.78, 5) is 11.1. The van der Waals surface area contributed by atoms with E-state index in [1.807, 2.05) is 0 Å². The highest BCUT2D eigenvalue weighted by Gasteiger charge is 2.15. The second-order valence-corrected chi connectivity index (χ2v) is 3.34. The molecule has 1 atom stereocenters. The van der Waals surface area contributed by atoms with E-state index in [9.17, 15) is 9.90 Å². The van der Waals surface area contributed by atoms with Gasteiger partial charge >= 0.3 is 5.97 Å². The topological polar surface area (TPSA) is 81.8 Å². The average molecular weight is 225 g/mol. The van der Waals surface area contributed by atoms with Gasteiger partial charge in [0.1, 0.15) is 6.04 Å². The van der Waals surface area contributed by atoms with Gasteiger partial charge in [-0.3, -0.25) is 4.79 Å². The van der Waals surface area contributed by atoms with E-state index in [2.05, 4.69) is 4.74 Å². The number of methoxy groups -OCH3 is 2. The second-order valence-electron chi connectivity index (χ2n) is 3.34. The van der Waals surface area contributed by atoms with E-state index in [4.69, 9.17) is 10.5 Å². The zero-order valence-corrected chi connectivity index (χ0v) is 9.27. The van der Waals surface area contributed by atoms with E-state index < -0.39 is 12.0 Å². The van der Waals surface area contributed by atoms with E-state index in [1.54, 1.807) is 12.1 Å². The van der Waals surface area contributed by atoms with E-state index in [0.29, 0.717) is 12.2 Å². The Morgan fingerprint density at radius 2 is 2.19 bits per heavy atom. The lowest BCUT2D eigenvalue weighted by Crippen LogP contribution is -2.33. The number of benzene rings is 1. The van der Waals surface area contributed by atoms with Crippen LogP contribution in [0.25, 0.3) is 0 Å². The van der Waals surface area contributed by atoms with Crippen LogP contribution in [0.15, 0.2) is 18.2 Å². The van der Waals surface area contributed by atoms with Gasteiger partial charge in [0.25, 0.3) is 0 Å². The van der Waals surface area contributed by atoms with Crippen molar-refractivity contribution in [1.82, 2.24) is 0 Å². The molecule has 0 amide bonds. The first-order valence-electron chi connectivity index (χ1n) is 4.77. The normalized spacial score (nSPS) is 11.9. The van der Waals surface area contributed by atoms with Crippen molar-refractivity contribution in [2.24, 2.45) is 5.73 Å². The summed E-state index contributed by atoms with van der Waals surface area (Å²) in [5.41, 5.74) is 6.34. The molecule has 0 heterocycles. The molecule has 1 aromatic carbocycles. The molecule has 0 aromatic heterocycles. The lowest BCUT2D eigenvalue weighted by atomic mass is 10.1. The molecule has 0 spiro atoms. The fraction of sp³-hybridized carbons (Fsp3) is 0.364. The van der Waals surface area contributed by atoms with E-state index in [1.165, 1.54) is 20.3 Å². The highest BCUT2D eigenvalue weighted by atomic mass is 16.5. The number of hydrogen-bond acceptors (Lipinski definition) is 5. The van der Waals surface area contributed by atoms with Gasteiger partial charge in [0.15, 0.2) is 11.5 Å². The number of esters is 1. The zero-order valence-electron chi connectivity index (χ0n) is 9.27. The smallest absolute Gasteiger partial charge is 0.322 e. The van der Waals surface area contributed by atoms with Crippen molar-refractivity contribution in [3.63, 3.8) is 0 Å². The molecule has 5 nitrogen and oxygen atoms in total. The monoisotopic (exact) mass is 225 g/mol. The number of rotatable bonds is 4. The van der Waals surface area contributed by atoms with Gasteiger partial charge < -0.3 is 20.3 Å². The first kappa shape index (κ1) is 12.3. The second kappa shape index (κ2) is 5.37. The SMILES string of the molecule is COC(=O)[C@H](N)Cc1ccc(OC)c(O)c1. The Kier molecular flexibility index (Phi) is 4.13. The predicted octanol–water partition coefficient (Wildman–Crippen LogP) is 0.444. The number of ether oxygens (including phenoxy) is 2. The molecule has 3 N–H and O–H groups in total. The van der Waals surface area contributed by atoms with Crippen LogP contribution in [-0.2, 0) is 16.0 Å². The highest BCUT2D eigenvalue weighted by molar-refractivity contribution is 5.75. The van der Waals surface area contributed by atoms with Crippen molar-refractivity contribution in [1.29, 1.82) is 0 Å². The number of carbonyl (C=O) groups excluding carboxylic acids is 1. The van der Waals surface area contributed by atoms with Crippen molar-refractivity contribution in [2.75, 3.05) is 14.2 Å². The van der Waals surface area contributed by atoms with Crippen LogP contribution in [-0.4, -0.2) is 31.3 Å². The Hall–Kier alpha value is -1.75. The third kappa shape index (κ3) is 2.87. The van der Waals surface area contributed by atoms with Crippen LogP contribution in [0.2, 0.25) is 0 Å². The molecular weight excluding hydrogens is 210 g/mol. The van der Waals surface area contributed by atoms with Crippen molar-refractivity contribution in [2.45, 2.75) is 12.5 Å². The molecule has 88 valence electrons. The van der Waals surface area contributed by atoms with Crippen LogP contribution in [0.5, 0.6) is 11.5 Å². The molecule has 0 fully saturated rings. The molecule has 0 aliphatic rings. The molecule has 16 heavy (non-hydrogen) atoms. The molecule has 0 radical (unpaired) electrons. The fourth-order valence-corrected chi connectivity index (χ4v) is 1.35. The molecule has 1 rings (SSSR count). The maximum Gasteiger partial charge on any atom is 0.322 e. The number of carbonyl (C=O) groups is 1. The van der Waals surface area contributed by atoms with Crippen LogP contribution in [0, 0.1) is 0 Å². The zero-order chi connectivity index (χ0) is 12.1. The van der Waals surface area contributed by atoms with Gasteiger partial charge in [0, 0.05) is 0 Å². The van der Waals surface area contributed by atoms with Gasteiger partial charge in [-0.15, -0.1) is 0 Å². The minimum atomic E-state index is -0.724. The van der Waals surface area contributed by atoms with Crippen LogP contribution in [0.1, 0.15) is 5.56 Å². The molecule has 1 aromatic rings. The largest absolute Gasteiger partial charge is 0.504 e. The molecule has 0 saturated carbocycles. The van der Waals surface area contributed by atoms with Gasteiger partial charge in [0.2, 0.25) is 0 Å². The molecule has 5 heteroatoms. The standard InChI is InChI=1S/C11H15NO4/c1-15-10-4-3-7(6-9(10)13)5-8(12)11(14)16-2/h3-4,6,8,13H,5,12H2,1-2H3/t8-/m1/s1. The summed E-state index contributed by atoms with van der Waals surface area (Å²) in [5.74, 6) is -0.0669. The summed E-state index contributed by atoms with van der Waals surface area (Å²) >= 11 is 0. The Labute approximate surface area is 93.8 Å². The number of phenolic OH excluding ortho intramolecular Hbond substituents is 1. The van der Waals surface area contributed by atoms with Crippen LogP contribution in [0.3, 0.4) is 0 Å². The predicted molar refractivity (Wildman–Crippen MR) is 58.4 cm³/mol. The summed E-state index contributed by atoms with van der Waals surface area (Å²) in [6, 6.07) is 4.15. The molecule has 0 unspecified atom stereocenters. The van der Waals surface area contributed by atoms with Crippen molar-refractivity contribution in [3.05, 3.63) is 23.8 Å². The Balaban J connectivity index is 2.75. The summed E-state index contributed by atoms with van der Waals surface area (Å²) in [6.07, 6.45) is 0.310. The quantitative estimate of drug-likeness (QED) is 0.727. The summed E-state index contributed by atoms with van der Waals surface area (Å²) in [7, 11) is 2.75. The molecule has 0 saturated heterocycles. The van der Waals surface area contributed by atoms with Gasteiger partial charge in [-0.25, -0.2) is 0 Å². The minimum Gasteiger partial charge on any atom is -0.504 e. The van der Waals surface area contributed by atoms with Gasteiger partial charge in [-0.2, -0.15) is 0 Å². The maximum atomic E-state index is 11.1. The number of hydrogen-bond donors (Lipinski definition) is 2. The van der Waals surface area contributed by atoms with Crippen LogP contribution >= 0.6 is 0 Å². The number of phenols is 1. The highest BCUT2D eigenvalue weighted by Crippen LogP contribution is 2.26. The lowest BCUT2D eigenvalue weighted by molar-refractivity contribution is -0.142. The summed E-state index contributed by atoms with van der Waals surface area (Å²) in [5, 5.41) is 9.52. The number of nitrogens with two attached hydrogens (primary N) is 1. The molecular formula is C11H15NO4. The third-order valence-electron chi connectivity index (χ3n) is 2.20. The first-order valence-corrected chi connectivity index (χ1v) is 4.77. The van der Waals surface area contributed by atoms with E-state index in [0.717, 1.165) is 5.56 Å². The van der Waals surface area contributed by atoms with Crippen LogP contribution in [0.4, 0.5) is 0 Å². The van der Waals surface area contributed by atoms with Gasteiger partial charge in [-0.05, 0) is 24.1 Å². The third-order valence-corrected chi connectivity index (χ3v) is 2.20. The van der Waals surface area contributed by atoms with E-state index in [-0.39, 0.29) is 5.75 Å². The fourth-order valence-electron chi connectivity index (χ4n) is 1.35. The Morgan fingerprint density at radius 3 is 2.69 bits per heavy atom. The van der Waals surface area contributed by atoms with Gasteiger partial charge in [0.05, 0.1) is 14.2 Å². The Bertz CT molecular complexity index is 378. The van der Waals surface area contributed by atoms with Crippen LogP contribution < -0.4 is 10.5 Å². The minimum absolute atomic E-state index is 0.0251. The summed E-state index contributed by atoms with van der Waals surface area (Å²) < 4.78 is 9.41. The molecule has 0 aliphatic heterocycles. The maximum absolute atomic E-state index is 11.1. The van der Waals surface area contributed by atoms with Crippen molar-refractivity contribution >= 4 is 5.97 Å². The van der Waals surface area contributed by atoms with E-state index >= 15 is 0 Å².